The number of hydrogen-bond acceptors (Lipinski definition) is 2. The Morgan fingerprint density at radius 1 is 1.26 bits per heavy atom. The number of halogens is 1. The van der Waals surface area contributed by atoms with Crippen LogP contribution in [0.4, 0.5) is 0 Å². The predicted molar refractivity (Wildman–Crippen MR) is 96.9 cm³/mol. The molecule has 4 heteroatoms. The molecule has 3 nitrogen and oxygen atoms in total. The van der Waals surface area contributed by atoms with Crippen molar-refractivity contribution in [3.8, 4) is 0 Å². The highest BCUT2D eigenvalue weighted by Crippen LogP contribution is 2.42. The summed E-state index contributed by atoms with van der Waals surface area (Å²) in [5.74, 6) is 0.815. The molecular formula is C19H29ClN2O. The average molecular weight is 337 g/mol. The number of hydrogen-bond donors (Lipinski definition) is 2. The fourth-order valence-electron chi connectivity index (χ4n) is 4.06. The molecule has 0 radical (unpaired) electrons. The van der Waals surface area contributed by atoms with Crippen molar-refractivity contribution in [2.45, 2.75) is 63.3 Å². The summed E-state index contributed by atoms with van der Waals surface area (Å²) < 4.78 is 0. The largest absolute Gasteiger partial charge is 0.351 e. The quantitative estimate of drug-likeness (QED) is 0.865. The second kappa shape index (κ2) is 7.67. The lowest BCUT2D eigenvalue weighted by Gasteiger charge is -2.38. The SMILES string of the molecule is Cc1ccccc1C1(C(=O)NC(CN)C2CC2)CCCCC1.Cl. The highest BCUT2D eigenvalue weighted by atomic mass is 35.5. The minimum Gasteiger partial charge on any atom is -0.351 e. The Morgan fingerprint density at radius 2 is 1.91 bits per heavy atom. The Balaban J connectivity index is 0.00000192. The molecule has 0 saturated heterocycles. The van der Waals surface area contributed by atoms with Gasteiger partial charge in [0.15, 0.2) is 0 Å². The summed E-state index contributed by atoms with van der Waals surface area (Å²) >= 11 is 0. The third-order valence-electron chi connectivity index (χ3n) is 5.56. The van der Waals surface area contributed by atoms with Crippen molar-refractivity contribution >= 4 is 18.3 Å². The number of nitrogens with one attached hydrogen (secondary N) is 1. The summed E-state index contributed by atoms with van der Waals surface area (Å²) in [4.78, 5) is 13.2. The summed E-state index contributed by atoms with van der Waals surface area (Å²) in [7, 11) is 0. The Morgan fingerprint density at radius 3 is 2.48 bits per heavy atom. The van der Waals surface area contributed by atoms with E-state index < -0.39 is 0 Å². The van der Waals surface area contributed by atoms with Crippen LogP contribution < -0.4 is 11.1 Å². The fraction of sp³-hybridized carbons (Fsp3) is 0.632. The van der Waals surface area contributed by atoms with Crippen LogP contribution in [0.25, 0.3) is 0 Å². The van der Waals surface area contributed by atoms with E-state index in [1.54, 1.807) is 0 Å². The maximum absolute atomic E-state index is 13.2. The molecule has 2 aliphatic rings. The molecule has 2 aliphatic carbocycles. The van der Waals surface area contributed by atoms with Gasteiger partial charge >= 0.3 is 0 Å². The minimum absolute atomic E-state index is 0. The second-order valence-corrected chi connectivity index (χ2v) is 7.11. The molecule has 23 heavy (non-hydrogen) atoms. The van der Waals surface area contributed by atoms with E-state index in [9.17, 15) is 4.79 Å². The zero-order valence-corrected chi connectivity index (χ0v) is 14.8. The van der Waals surface area contributed by atoms with Gasteiger partial charge in [0.25, 0.3) is 0 Å². The van der Waals surface area contributed by atoms with Gasteiger partial charge in [-0.15, -0.1) is 12.4 Å². The fourth-order valence-corrected chi connectivity index (χ4v) is 4.06. The summed E-state index contributed by atoms with van der Waals surface area (Å²) in [5.41, 5.74) is 8.00. The molecule has 1 aromatic rings. The van der Waals surface area contributed by atoms with Gasteiger partial charge in [0.2, 0.25) is 5.91 Å². The van der Waals surface area contributed by atoms with Gasteiger partial charge in [0, 0.05) is 12.6 Å². The number of aryl methyl sites for hydroxylation is 1. The van der Waals surface area contributed by atoms with Gasteiger partial charge in [-0.3, -0.25) is 4.79 Å². The maximum atomic E-state index is 13.2. The average Bonchev–Trinajstić information content (AvgIpc) is 3.38. The third kappa shape index (κ3) is 3.72. The minimum atomic E-state index is -0.341. The van der Waals surface area contributed by atoms with Gasteiger partial charge in [0.1, 0.15) is 0 Å². The van der Waals surface area contributed by atoms with E-state index in [1.807, 2.05) is 0 Å². The van der Waals surface area contributed by atoms with E-state index in [0.717, 1.165) is 25.7 Å². The van der Waals surface area contributed by atoms with Gasteiger partial charge in [-0.2, -0.15) is 0 Å². The topological polar surface area (TPSA) is 55.1 Å². The van der Waals surface area contributed by atoms with Crippen LogP contribution in [0.5, 0.6) is 0 Å². The van der Waals surface area contributed by atoms with Gasteiger partial charge in [-0.1, -0.05) is 43.5 Å². The van der Waals surface area contributed by atoms with Crippen molar-refractivity contribution in [3.63, 3.8) is 0 Å². The van der Waals surface area contributed by atoms with Crippen LogP contribution in [-0.2, 0) is 10.2 Å². The Hall–Kier alpha value is -1.06. The molecule has 3 rings (SSSR count). The van der Waals surface area contributed by atoms with Crippen molar-refractivity contribution < 1.29 is 4.79 Å². The molecule has 0 aliphatic heterocycles. The van der Waals surface area contributed by atoms with Crippen LogP contribution in [0, 0.1) is 12.8 Å². The summed E-state index contributed by atoms with van der Waals surface area (Å²) in [6.07, 6.45) is 7.86. The van der Waals surface area contributed by atoms with E-state index in [4.69, 9.17) is 5.73 Å². The van der Waals surface area contributed by atoms with E-state index in [2.05, 4.69) is 36.5 Å². The molecule has 2 saturated carbocycles. The number of carbonyl (C=O) groups is 1. The Labute approximate surface area is 145 Å². The third-order valence-corrected chi connectivity index (χ3v) is 5.56. The number of nitrogens with two attached hydrogens (primary N) is 1. The first-order valence-corrected chi connectivity index (χ1v) is 8.74. The molecule has 0 aromatic heterocycles. The number of carbonyl (C=O) groups excluding carboxylic acids is 1. The Kier molecular flexibility index (Phi) is 6.10. The predicted octanol–water partition coefficient (Wildman–Crippen LogP) is 3.47. The van der Waals surface area contributed by atoms with Crippen LogP contribution in [0.3, 0.4) is 0 Å². The van der Waals surface area contributed by atoms with Crippen molar-refractivity contribution in [2.24, 2.45) is 11.7 Å². The van der Waals surface area contributed by atoms with Crippen LogP contribution in [0.1, 0.15) is 56.1 Å². The molecule has 1 atom stereocenters. The second-order valence-electron chi connectivity index (χ2n) is 7.11. The zero-order chi connectivity index (χ0) is 15.6. The summed E-state index contributed by atoms with van der Waals surface area (Å²) in [6, 6.07) is 8.55. The van der Waals surface area contributed by atoms with E-state index in [-0.39, 0.29) is 29.8 Å². The van der Waals surface area contributed by atoms with Crippen molar-refractivity contribution in [3.05, 3.63) is 35.4 Å². The van der Waals surface area contributed by atoms with E-state index in [0.29, 0.717) is 12.5 Å². The number of amides is 1. The van der Waals surface area contributed by atoms with E-state index in [1.165, 1.54) is 30.4 Å². The lowest BCUT2D eigenvalue weighted by Crippen LogP contribution is -2.52. The highest BCUT2D eigenvalue weighted by Gasteiger charge is 2.43. The molecule has 1 amide bonds. The normalized spacial score (nSPS) is 21.1. The maximum Gasteiger partial charge on any atom is 0.230 e. The summed E-state index contributed by atoms with van der Waals surface area (Å²) in [6.45, 7) is 2.68. The van der Waals surface area contributed by atoms with Crippen LogP contribution >= 0.6 is 12.4 Å². The van der Waals surface area contributed by atoms with Gasteiger partial charge in [-0.05, 0) is 49.7 Å². The van der Waals surface area contributed by atoms with Gasteiger partial charge in [0.05, 0.1) is 5.41 Å². The lowest BCUT2D eigenvalue weighted by molar-refractivity contribution is -0.129. The summed E-state index contributed by atoms with van der Waals surface area (Å²) in [5, 5.41) is 3.30. The highest BCUT2D eigenvalue weighted by molar-refractivity contribution is 5.89. The molecular weight excluding hydrogens is 308 g/mol. The van der Waals surface area contributed by atoms with Crippen molar-refractivity contribution in [1.82, 2.24) is 5.32 Å². The van der Waals surface area contributed by atoms with Gasteiger partial charge < -0.3 is 11.1 Å². The first-order valence-electron chi connectivity index (χ1n) is 8.74. The molecule has 128 valence electrons. The standard InChI is InChI=1S/C19H28N2O.ClH/c1-14-7-3-4-8-16(14)19(11-5-2-6-12-19)18(22)21-17(13-20)15-9-10-15;/h3-4,7-8,15,17H,2,5-6,9-13,20H2,1H3,(H,21,22);1H. The number of rotatable bonds is 5. The molecule has 1 aromatic carbocycles. The molecule has 2 fully saturated rings. The van der Waals surface area contributed by atoms with Crippen LogP contribution in [0.15, 0.2) is 24.3 Å². The van der Waals surface area contributed by atoms with E-state index >= 15 is 0 Å². The lowest BCUT2D eigenvalue weighted by atomic mass is 9.67. The van der Waals surface area contributed by atoms with Crippen molar-refractivity contribution in [2.75, 3.05) is 6.54 Å². The molecule has 0 bridgehead atoms. The Bertz CT molecular complexity index is 536. The van der Waals surface area contributed by atoms with Crippen LogP contribution in [0.2, 0.25) is 0 Å². The molecule has 0 spiro atoms. The van der Waals surface area contributed by atoms with Crippen LogP contribution in [-0.4, -0.2) is 18.5 Å². The van der Waals surface area contributed by atoms with Crippen molar-refractivity contribution in [1.29, 1.82) is 0 Å². The monoisotopic (exact) mass is 336 g/mol. The zero-order valence-electron chi connectivity index (χ0n) is 14.0. The van der Waals surface area contributed by atoms with Gasteiger partial charge in [-0.25, -0.2) is 0 Å². The first kappa shape index (κ1) is 18.3. The molecule has 1 unspecified atom stereocenters. The number of benzene rings is 1. The smallest absolute Gasteiger partial charge is 0.230 e. The molecule has 3 N–H and O–H groups in total. The molecule has 0 heterocycles. The first-order chi connectivity index (χ1) is 10.7.